The first-order valence-electron chi connectivity index (χ1n) is 7.84. The van der Waals surface area contributed by atoms with Crippen LogP contribution < -0.4 is 0 Å². The highest BCUT2D eigenvalue weighted by molar-refractivity contribution is 6.33. The molecule has 1 heterocycles. The SMILES string of the molecule is CC(C)[C@@H](CN1CCCC1)N(C)C(=O)c1ccc(F)cc1Cl. The molecule has 5 heteroatoms. The summed E-state index contributed by atoms with van der Waals surface area (Å²) < 4.78 is 13.2. The summed E-state index contributed by atoms with van der Waals surface area (Å²) in [6, 6.07) is 4.04. The molecule has 1 fully saturated rings. The van der Waals surface area contributed by atoms with Gasteiger partial charge in [0, 0.05) is 19.6 Å². The molecule has 0 N–H and O–H groups in total. The number of amides is 1. The smallest absolute Gasteiger partial charge is 0.255 e. The number of carbonyl (C=O) groups excluding carboxylic acids is 1. The Morgan fingerprint density at radius 3 is 2.55 bits per heavy atom. The molecule has 0 saturated carbocycles. The van der Waals surface area contributed by atoms with Gasteiger partial charge in [-0.2, -0.15) is 0 Å². The van der Waals surface area contributed by atoms with Crippen molar-refractivity contribution in [1.82, 2.24) is 9.80 Å². The first-order chi connectivity index (χ1) is 10.4. The normalized spacial score (nSPS) is 17.0. The van der Waals surface area contributed by atoms with Crippen LogP contribution in [0.3, 0.4) is 0 Å². The molecule has 1 atom stereocenters. The Hall–Kier alpha value is -1.13. The van der Waals surface area contributed by atoms with Crippen LogP contribution in [0.1, 0.15) is 37.0 Å². The molecule has 0 aromatic heterocycles. The molecule has 0 bridgehead atoms. The molecule has 3 nitrogen and oxygen atoms in total. The van der Waals surface area contributed by atoms with Crippen LogP contribution in [0.5, 0.6) is 0 Å². The predicted molar refractivity (Wildman–Crippen MR) is 87.8 cm³/mol. The van der Waals surface area contributed by atoms with E-state index in [0.29, 0.717) is 11.5 Å². The number of hydrogen-bond donors (Lipinski definition) is 0. The van der Waals surface area contributed by atoms with Crippen molar-refractivity contribution in [2.24, 2.45) is 5.92 Å². The maximum atomic E-state index is 13.2. The quantitative estimate of drug-likeness (QED) is 0.824. The van der Waals surface area contributed by atoms with Gasteiger partial charge in [0.15, 0.2) is 0 Å². The summed E-state index contributed by atoms with van der Waals surface area (Å²) in [7, 11) is 1.81. The molecule has 1 aromatic rings. The molecular formula is C17H24ClFN2O. The van der Waals surface area contributed by atoms with Crippen LogP contribution >= 0.6 is 11.6 Å². The highest BCUT2D eigenvalue weighted by atomic mass is 35.5. The van der Waals surface area contributed by atoms with E-state index in [1.54, 1.807) is 4.90 Å². The van der Waals surface area contributed by atoms with Gasteiger partial charge >= 0.3 is 0 Å². The lowest BCUT2D eigenvalue weighted by atomic mass is 10.0. The van der Waals surface area contributed by atoms with Crippen LogP contribution in [-0.4, -0.2) is 48.4 Å². The van der Waals surface area contributed by atoms with Crippen LogP contribution in [0, 0.1) is 11.7 Å². The van der Waals surface area contributed by atoms with E-state index < -0.39 is 5.82 Å². The molecule has 0 aliphatic carbocycles. The average molecular weight is 327 g/mol. The summed E-state index contributed by atoms with van der Waals surface area (Å²) in [6.45, 7) is 7.32. The third-order valence-corrected chi connectivity index (χ3v) is 4.71. The van der Waals surface area contributed by atoms with Crippen molar-refractivity contribution in [1.29, 1.82) is 0 Å². The lowest BCUT2D eigenvalue weighted by Gasteiger charge is -2.34. The molecule has 1 saturated heterocycles. The number of halogens is 2. The van der Waals surface area contributed by atoms with E-state index in [-0.39, 0.29) is 17.0 Å². The van der Waals surface area contributed by atoms with E-state index in [0.717, 1.165) is 19.6 Å². The minimum Gasteiger partial charge on any atom is -0.337 e. The molecule has 122 valence electrons. The number of hydrogen-bond acceptors (Lipinski definition) is 2. The van der Waals surface area contributed by atoms with Crippen molar-refractivity contribution in [3.63, 3.8) is 0 Å². The van der Waals surface area contributed by atoms with Crippen molar-refractivity contribution in [2.45, 2.75) is 32.7 Å². The van der Waals surface area contributed by atoms with Gasteiger partial charge < -0.3 is 9.80 Å². The number of carbonyl (C=O) groups is 1. The Bertz CT molecular complexity index is 529. The molecule has 0 unspecified atom stereocenters. The van der Waals surface area contributed by atoms with E-state index in [1.807, 2.05) is 7.05 Å². The number of rotatable bonds is 5. The number of benzene rings is 1. The summed E-state index contributed by atoms with van der Waals surface area (Å²) in [6.07, 6.45) is 2.46. The number of likely N-dealkylation sites (tertiary alicyclic amines) is 1. The largest absolute Gasteiger partial charge is 0.337 e. The maximum Gasteiger partial charge on any atom is 0.255 e. The van der Waals surface area contributed by atoms with Gasteiger partial charge in [0.25, 0.3) is 5.91 Å². The second kappa shape index (κ2) is 7.42. The van der Waals surface area contributed by atoms with E-state index in [4.69, 9.17) is 11.6 Å². The maximum absolute atomic E-state index is 13.2. The monoisotopic (exact) mass is 326 g/mol. The minimum absolute atomic E-state index is 0.117. The summed E-state index contributed by atoms with van der Waals surface area (Å²) in [5.41, 5.74) is 0.359. The van der Waals surface area contributed by atoms with Crippen LogP contribution in [0.2, 0.25) is 5.02 Å². The van der Waals surface area contributed by atoms with Gasteiger partial charge in [-0.1, -0.05) is 25.4 Å². The zero-order valence-electron chi connectivity index (χ0n) is 13.5. The van der Waals surface area contributed by atoms with Gasteiger partial charge in [0.1, 0.15) is 5.82 Å². The predicted octanol–water partition coefficient (Wildman–Crippen LogP) is 3.67. The third kappa shape index (κ3) is 3.99. The molecule has 1 amide bonds. The van der Waals surface area contributed by atoms with Crippen LogP contribution in [-0.2, 0) is 0 Å². The molecule has 0 spiro atoms. The fourth-order valence-electron chi connectivity index (χ4n) is 3.01. The molecule has 1 aliphatic heterocycles. The van der Waals surface area contributed by atoms with E-state index >= 15 is 0 Å². The molecule has 22 heavy (non-hydrogen) atoms. The highest BCUT2D eigenvalue weighted by Gasteiger charge is 2.28. The topological polar surface area (TPSA) is 23.6 Å². The summed E-state index contributed by atoms with van der Waals surface area (Å²) in [4.78, 5) is 16.9. The molecular weight excluding hydrogens is 303 g/mol. The summed E-state index contributed by atoms with van der Waals surface area (Å²) in [5, 5.41) is 0.167. The van der Waals surface area contributed by atoms with Gasteiger partial charge in [0.2, 0.25) is 0 Å². The van der Waals surface area contributed by atoms with Crippen molar-refractivity contribution < 1.29 is 9.18 Å². The summed E-state index contributed by atoms with van der Waals surface area (Å²) in [5.74, 6) is -0.238. The van der Waals surface area contributed by atoms with Crippen LogP contribution in [0.4, 0.5) is 4.39 Å². The molecule has 0 radical (unpaired) electrons. The van der Waals surface area contributed by atoms with Crippen LogP contribution in [0.25, 0.3) is 0 Å². The fourth-order valence-corrected chi connectivity index (χ4v) is 3.26. The average Bonchev–Trinajstić information content (AvgIpc) is 2.96. The van der Waals surface area contributed by atoms with Crippen molar-refractivity contribution in [3.8, 4) is 0 Å². The Labute approximate surface area is 137 Å². The van der Waals surface area contributed by atoms with E-state index in [2.05, 4.69) is 18.7 Å². The fraction of sp³-hybridized carbons (Fsp3) is 0.588. The Morgan fingerprint density at radius 1 is 1.36 bits per heavy atom. The zero-order chi connectivity index (χ0) is 16.3. The Morgan fingerprint density at radius 2 is 2.00 bits per heavy atom. The van der Waals surface area contributed by atoms with Crippen LogP contribution in [0.15, 0.2) is 18.2 Å². The lowest BCUT2D eigenvalue weighted by Crippen LogP contribution is -2.47. The van der Waals surface area contributed by atoms with Gasteiger partial charge in [-0.15, -0.1) is 0 Å². The van der Waals surface area contributed by atoms with Gasteiger partial charge in [0.05, 0.1) is 10.6 Å². The standard InChI is InChI=1S/C17H24ClFN2O/c1-12(2)16(11-21-8-4-5-9-21)20(3)17(22)14-7-6-13(19)10-15(14)18/h6-7,10,12,16H,4-5,8-9,11H2,1-3H3/t16-/m1/s1. The van der Waals surface area contributed by atoms with Crippen molar-refractivity contribution in [2.75, 3.05) is 26.7 Å². The van der Waals surface area contributed by atoms with Crippen molar-refractivity contribution >= 4 is 17.5 Å². The van der Waals surface area contributed by atoms with Gasteiger partial charge in [-0.05, 0) is 50.0 Å². The third-order valence-electron chi connectivity index (χ3n) is 4.39. The first-order valence-corrected chi connectivity index (χ1v) is 8.22. The van der Waals surface area contributed by atoms with E-state index in [1.165, 1.54) is 31.0 Å². The minimum atomic E-state index is -0.429. The number of nitrogens with zero attached hydrogens (tertiary/aromatic N) is 2. The van der Waals surface area contributed by atoms with Gasteiger partial charge in [-0.3, -0.25) is 4.79 Å². The highest BCUT2D eigenvalue weighted by Crippen LogP contribution is 2.22. The second-order valence-electron chi connectivity index (χ2n) is 6.36. The molecule has 1 aromatic carbocycles. The van der Waals surface area contributed by atoms with E-state index in [9.17, 15) is 9.18 Å². The molecule has 1 aliphatic rings. The first kappa shape index (κ1) is 17.2. The number of likely N-dealkylation sites (N-methyl/N-ethyl adjacent to an activating group) is 1. The molecule has 2 rings (SSSR count). The second-order valence-corrected chi connectivity index (χ2v) is 6.77. The Balaban J connectivity index is 2.14. The zero-order valence-corrected chi connectivity index (χ0v) is 14.2. The van der Waals surface area contributed by atoms with Crippen molar-refractivity contribution in [3.05, 3.63) is 34.6 Å². The lowest BCUT2D eigenvalue weighted by molar-refractivity contribution is 0.0641. The van der Waals surface area contributed by atoms with Gasteiger partial charge in [-0.25, -0.2) is 4.39 Å². The Kier molecular flexibility index (Phi) is 5.81. The summed E-state index contributed by atoms with van der Waals surface area (Å²) >= 11 is 6.03.